The van der Waals surface area contributed by atoms with Crippen LogP contribution in [0.25, 0.3) is 0 Å². The Morgan fingerprint density at radius 1 is 1.00 bits per heavy atom. The summed E-state index contributed by atoms with van der Waals surface area (Å²) in [5.41, 5.74) is 0.140. The van der Waals surface area contributed by atoms with Gasteiger partial charge in [0.2, 0.25) is 0 Å². The number of esters is 1. The topological polar surface area (TPSA) is 69.7 Å². The predicted octanol–water partition coefficient (Wildman–Crippen LogP) is 5.38. The van der Waals surface area contributed by atoms with E-state index in [1.165, 1.54) is 6.92 Å². The monoisotopic (exact) mass is 472 g/mol. The van der Waals surface area contributed by atoms with Gasteiger partial charge in [0.05, 0.1) is 6.10 Å². The normalized spacial score (nSPS) is 50.6. The molecule has 1 heterocycles. The summed E-state index contributed by atoms with van der Waals surface area (Å²) in [6.45, 7) is 12.7. The van der Waals surface area contributed by atoms with Gasteiger partial charge in [-0.05, 0) is 84.9 Å². The number of Topliss-reactive ketones (excluding diaryl/α,β-unsaturated/α-hetero) is 2. The van der Waals surface area contributed by atoms with Crippen molar-refractivity contribution < 1.29 is 23.9 Å². The van der Waals surface area contributed by atoms with E-state index in [-0.39, 0.29) is 52.7 Å². The third-order valence-electron chi connectivity index (χ3n) is 11.2. The molecule has 5 fully saturated rings. The van der Waals surface area contributed by atoms with Crippen LogP contribution in [-0.4, -0.2) is 35.8 Å². The zero-order chi connectivity index (χ0) is 24.6. The van der Waals surface area contributed by atoms with Gasteiger partial charge in [-0.25, -0.2) is 0 Å². The van der Waals surface area contributed by atoms with Crippen LogP contribution < -0.4 is 0 Å². The SMILES string of the molecule is CC(=O)O[C@H]1CC[C@@]2(C)[C@H](C1)C(=O)C[C@@H]1[C@@H]2CC[C@]2(C)[C@H]3[C@H](C)CC(=O)[C@@H](C(C)C)O[C@H]3C[C@@H]12. The number of ether oxygens (including phenoxy) is 2. The van der Waals surface area contributed by atoms with Crippen molar-refractivity contribution in [2.24, 2.45) is 52.3 Å². The van der Waals surface area contributed by atoms with Gasteiger partial charge >= 0.3 is 5.97 Å². The van der Waals surface area contributed by atoms with Gasteiger partial charge in [-0.15, -0.1) is 0 Å². The number of hydrogen-bond acceptors (Lipinski definition) is 5. The maximum atomic E-state index is 13.6. The van der Waals surface area contributed by atoms with Crippen molar-refractivity contribution >= 4 is 17.5 Å². The summed E-state index contributed by atoms with van der Waals surface area (Å²) >= 11 is 0. The highest BCUT2D eigenvalue weighted by Crippen LogP contribution is 2.68. The minimum Gasteiger partial charge on any atom is -0.463 e. The van der Waals surface area contributed by atoms with E-state index in [0.29, 0.717) is 54.6 Å². The highest BCUT2D eigenvalue weighted by Gasteiger charge is 2.65. The molecule has 0 radical (unpaired) electrons. The van der Waals surface area contributed by atoms with Crippen LogP contribution in [0.5, 0.6) is 0 Å². The molecule has 0 aromatic heterocycles. The summed E-state index contributed by atoms with van der Waals surface area (Å²) in [7, 11) is 0. The van der Waals surface area contributed by atoms with E-state index < -0.39 is 0 Å². The largest absolute Gasteiger partial charge is 0.463 e. The maximum absolute atomic E-state index is 13.6. The predicted molar refractivity (Wildman–Crippen MR) is 129 cm³/mol. The van der Waals surface area contributed by atoms with Gasteiger partial charge < -0.3 is 9.47 Å². The fraction of sp³-hybridized carbons (Fsp3) is 0.897. The Morgan fingerprint density at radius 3 is 2.38 bits per heavy atom. The van der Waals surface area contributed by atoms with Crippen molar-refractivity contribution in [2.75, 3.05) is 0 Å². The summed E-state index contributed by atoms with van der Waals surface area (Å²) in [5, 5.41) is 0. The van der Waals surface area contributed by atoms with Crippen molar-refractivity contribution in [3.8, 4) is 0 Å². The number of carbonyl (C=O) groups is 3. The second kappa shape index (κ2) is 8.42. The summed E-state index contributed by atoms with van der Waals surface area (Å²) in [6.07, 6.45) is 6.87. The van der Waals surface area contributed by atoms with Crippen molar-refractivity contribution in [3.63, 3.8) is 0 Å². The summed E-state index contributed by atoms with van der Waals surface area (Å²) in [5.74, 6) is 2.81. The van der Waals surface area contributed by atoms with E-state index in [1.807, 2.05) is 0 Å². The number of rotatable bonds is 2. The third-order valence-corrected chi connectivity index (χ3v) is 11.2. The first-order valence-electron chi connectivity index (χ1n) is 13.8. The summed E-state index contributed by atoms with van der Waals surface area (Å²) in [4.78, 5) is 38.1. The van der Waals surface area contributed by atoms with Crippen LogP contribution in [0.1, 0.15) is 92.9 Å². The lowest BCUT2D eigenvalue weighted by Gasteiger charge is -2.60. The molecule has 34 heavy (non-hydrogen) atoms. The number of fused-ring (bicyclic) bond motifs is 7. The average Bonchev–Trinajstić information content (AvgIpc) is 2.97. The highest BCUT2D eigenvalue weighted by molar-refractivity contribution is 5.84. The summed E-state index contributed by atoms with van der Waals surface area (Å²) < 4.78 is 12.2. The van der Waals surface area contributed by atoms with Crippen molar-refractivity contribution in [1.29, 1.82) is 0 Å². The van der Waals surface area contributed by atoms with Crippen LogP contribution in [0, 0.1) is 52.3 Å². The van der Waals surface area contributed by atoms with Crippen LogP contribution in [0.2, 0.25) is 0 Å². The molecule has 0 unspecified atom stereocenters. The smallest absolute Gasteiger partial charge is 0.302 e. The zero-order valence-corrected chi connectivity index (χ0v) is 22.0. The van der Waals surface area contributed by atoms with E-state index >= 15 is 0 Å². The second-order valence-electron chi connectivity index (χ2n) is 13.4. The summed E-state index contributed by atoms with van der Waals surface area (Å²) in [6, 6.07) is 0. The Hall–Kier alpha value is -1.23. The molecule has 5 aliphatic rings. The van der Waals surface area contributed by atoms with Gasteiger partial charge in [-0.3, -0.25) is 14.4 Å². The molecule has 5 heteroatoms. The first-order valence-corrected chi connectivity index (χ1v) is 13.8. The molecule has 0 N–H and O–H groups in total. The number of ketones is 2. The second-order valence-corrected chi connectivity index (χ2v) is 13.4. The first kappa shape index (κ1) is 24.5. The molecular formula is C29H44O5. The Balaban J connectivity index is 1.42. The fourth-order valence-electron chi connectivity index (χ4n) is 9.88. The Labute approximate surface area is 205 Å². The molecule has 0 aromatic rings. The van der Waals surface area contributed by atoms with Gasteiger partial charge in [0, 0.05) is 25.7 Å². The minimum absolute atomic E-state index is 0.00549. The lowest BCUT2D eigenvalue weighted by Crippen LogP contribution is -2.57. The molecule has 11 atom stereocenters. The first-order chi connectivity index (χ1) is 16.0. The van der Waals surface area contributed by atoms with Crippen LogP contribution in [-0.2, 0) is 23.9 Å². The molecule has 1 saturated heterocycles. The van der Waals surface area contributed by atoms with Crippen molar-refractivity contribution in [1.82, 2.24) is 0 Å². The molecule has 5 rings (SSSR count). The lowest BCUT2D eigenvalue weighted by molar-refractivity contribution is -0.169. The zero-order valence-electron chi connectivity index (χ0n) is 22.0. The Kier molecular flexibility index (Phi) is 6.06. The standard InChI is InChI=1S/C29H44O5/c1-15(2)27-24(32)11-16(3)26-25(34-27)14-21-19-13-23(31)22-12-18(33-17(4)30)7-9-28(22,5)20(19)8-10-29(21,26)6/h15-16,18-22,25-27H,7-14H2,1-6H3/t16-,18+,19-,20+,21+,22-,25+,26+,27-,28-,29+/m1/s1. The van der Waals surface area contributed by atoms with Gasteiger partial charge in [0.1, 0.15) is 18.0 Å². The van der Waals surface area contributed by atoms with Gasteiger partial charge in [-0.2, -0.15) is 0 Å². The van der Waals surface area contributed by atoms with Crippen molar-refractivity contribution in [3.05, 3.63) is 0 Å². The van der Waals surface area contributed by atoms with Crippen LogP contribution in [0.4, 0.5) is 0 Å². The van der Waals surface area contributed by atoms with Crippen molar-refractivity contribution in [2.45, 2.75) is 111 Å². The average molecular weight is 473 g/mol. The molecule has 5 nitrogen and oxygen atoms in total. The minimum atomic E-state index is -0.288. The molecule has 0 spiro atoms. The highest BCUT2D eigenvalue weighted by atomic mass is 16.5. The van der Waals surface area contributed by atoms with Gasteiger partial charge in [-0.1, -0.05) is 34.6 Å². The van der Waals surface area contributed by atoms with E-state index in [2.05, 4.69) is 34.6 Å². The fourth-order valence-corrected chi connectivity index (χ4v) is 9.88. The molecule has 4 saturated carbocycles. The van der Waals surface area contributed by atoms with Crippen LogP contribution in [0.3, 0.4) is 0 Å². The van der Waals surface area contributed by atoms with Crippen LogP contribution in [0.15, 0.2) is 0 Å². The quantitative estimate of drug-likeness (QED) is 0.504. The van der Waals surface area contributed by atoms with Crippen LogP contribution >= 0.6 is 0 Å². The molecule has 0 amide bonds. The number of hydrogen-bond donors (Lipinski definition) is 0. The number of carbonyl (C=O) groups excluding carboxylic acids is 3. The Bertz CT molecular complexity index is 865. The van der Waals surface area contributed by atoms with E-state index in [4.69, 9.17) is 9.47 Å². The van der Waals surface area contributed by atoms with E-state index in [1.54, 1.807) is 0 Å². The molecule has 190 valence electrons. The maximum Gasteiger partial charge on any atom is 0.302 e. The van der Waals surface area contributed by atoms with Gasteiger partial charge in [0.15, 0.2) is 5.78 Å². The molecule has 4 aliphatic carbocycles. The molecule has 1 aliphatic heterocycles. The van der Waals surface area contributed by atoms with Gasteiger partial charge in [0.25, 0.3) is 0 Å². The molecular weight excluding hydrogens is 428 g/mol. The van der Waals surface area contributed by atoms with E-state index in [0.717, 1.165) is 32.1 Å². The lowest BCUT2D eigenvalue weighted by atomic mass is 9.44. The third kappa shape index (κ3) is 3.62. The van der Waals surface area contributed by atoms with E-state index in [9.17, 15) is 14.4 Å². The Morgan fingerprint density at radius 2 is 1.71 bits per heavy atom. The molecule has 0 bridgehead atoms. The molecule has 0 aromatic carbocycles.